The van der Waals surface area contributed by atoms with Gasteiger partial charge in [-0.25, -0.2) is 9.59 Å². The molecule has 5 heteroatoms. The summed E-state index contributed by atoms with van der Waals surface area (Å²) in [5.41, 5.74) is 1.90. The predicted molar refractivity (Wildman–Crippen MR) is 64.4 cm³/mol. The molecule has 0 aromatic heterocycles. The van der Waals surface area contributed by atoms with Crippen LogP contribution in [0, 0.1) is 0 Å². The fourth-order valence-corrected chi connectivity index (χ4v) is 1.43. The van der Waals surface area contributed by atoms with Crippen LogP contribution in [0.4, 0.5) is 0 Å². The normalized spacial score (nSPS) is 10.9. The largest absolute Gasteiger partial charge is 0.479 e. The van der Waals surface area contributed by atoms with Gasteiger partial charge in [0.15, 0.2) is 0 Å². The highest BCUT2D eigenvalue weighted by atomic mass is 16.5. The summed E-state index contributed by atoms with van der Waals surface area (Å²) in [4.78, 5) is 21.2. The Balaban J connectivity index is 2.63. The summed E-state index contributed by atoms with van der Waals surface area (Å²) in [7, 11) is 0. The lowest BCUT2D eigenvalue weighted by molar-refractivity contribution is -0.166. The number of benzene rings is 1. The van der Waals surface area contributed by atoms with E-state index < -0.39 is 18.0 Å². The van der Waals surface area contributed by atoms with Crippen LogP contribution in [0.1, 0.15) is 30.9 Å². The molecule has 0 aliphatic heterocycles. The maximum atomic E-state index is 10.6. The third-order valence-corrected chi connectivity index (χ3v) is 2.51. The fraction of sp³-hybridized carbons (Fsp3) is 0.385. The van der Waals surface area contributed by atoms with Crippen molar-refractivity contribution in [3.63, 3.8) is 0 Å². The quantitative estimate of drug-likeness (QED) is 0.755. The van der Waals surface area contributed by atoms with Gasteiger partial charge in [-0.1, -0.05) is 38.1 Å². The van der Waals surface area contributed by atoms with E-state index in [9.17, 15) is 9.59 Å². The second-order valence-corrected chi connectivity index (χ2v) is 4.26. The molecule has 0 saturated heterocycles. The molecule has 0 spiro atoms. The molecule has 5 nitrogen and oxygen atoms in total. The molecule has 2 N–H and O–H groups in total. The molecule has 0 aliphatic rings. The summed E-state index contributed by atoms with van der Waals surface area (Å²) >= 11 is 0. The highest BCUT2D eigenvalue weighted by molar-refractivity contribution is 5.95. The lowest BCUT2D eigenvalue weighted by Crippen LogP contribution is -2.32. The van der Waals surface area contributed by atoms with Crippen LogP contribution in [-0.2, 0) is 20.9 Å². The van der Waals surface area contributed by atoms with Gasteiger partial charge in [0.25, 0.3) is 6.10 Å². The van der Waals surface area contributed by atoms with Gasteiger partial charge in [-0.3, -0.25) is 0 Å². The number of rotatable bonds is 6. The average Bonchev–Trinajstić information content (AvgIpc) is 2.28. The molecule has 18 heavy (non-hydrogen) atoms. The Morgan fingerprint density at radius 3 is 2.00 bits per heavy atom. The Labute approximate surface area is 105 Å². The van der Waals surface area contributed by atoms with Crippen LogP contribution in [0.15, 0.2) is 24.3 Å². The second-order valence-electron chi connectivity index (χ2n) is 4.26. The smallest absolute Gasteiger partial charge is 0.344 e. The standard InChI is InChI=1S/C13H16O5/c1-8(2)10-5-3-9(4-6-10)7-18-11(12(14)15)13(16)17/h3-6,8,11H,7H2,1-2H3,(H,14,15)(H,16,17). The number of aliphatic carboxylic acids is 2. The minimum absolute atomic E-state index is 0.0400. The van der Waals surface area contributed by atoms with Crippen molar-refractivity contribution in [1.82, 2.24) is 0 Å². The van der Waals surface area contributed by atoms with E-state index in [2.05, 4.69) is 13.8 Å². The lowest BCUT2D eigenvalue weighted by Gasteiger charge is -2.10. The van der Waals surface area contributed by atoms with Crippen molar-refractivity contribution < 1.29 is 24.5 Å². The van der Waals surface area contributed by atoms with Crippen molar-refractivity contribution in [2.24, 2.45) is 0 Å². The Bertz CT molecular complexity index is 408. The minimum Gasteiger partial charge on any atom is -0.479 e. The summed E-state index contributed by atoms with van der Waals surface area (Å²) < 4.78 is 4.85. The molecule has 0 atom stereocenters. The Morgan fingerprint density at radius 1 is 1.11 bits per heavy atom. The Morgan fingerprint density at radius 2 is 1.61 bits per heavy atom. The molecular weight excluding hydrogens is 236 g/mol. The molecule has 0 heterocycles. The van der Waals surface area contributed by atoms with Gasteiger partial charge in [-0.15, -0.1) is 0 Å². The van der Waals surface area contributed by atoms with Crippen LogP contribution in [0.2, 0.25) is 0 Å². The third-order valence-electron chi connectivity index (χ3n) is 2.51. The van der Waals surface area contributed by atoms with E-state index in [1.54, 1.807) is 12.1 Å². The number of carboxylic acids is 2. The zero-order valence-electron chi connectivity index (χ0n) is 10.3. The predicted octanol–water partition coefficient (Wildman–Crippen LogP) is 1.86. The van der Waals surface area contributed by atoms with E-state index in [4.69, 9.17) is 14.9 Å². The first-order valence-electron chi connectivity index (χ1n) is 5.58. The van der Waals surface area contributed by atoms with Crippen molar-refractivity contribution in [3.05, 3.63) is 35.4 Å². The maximum Gasteiger partial charge on any atom is 0.344 e. The molecular formula is C13H16O5. The van der Waals surface area contributed by atoms with Gasteiger partial charge in [0, 0.05) is 0 Å². The van der Waals surface area contributed by atoms with Gasteiger partial charge in [0.05, 0.1) is 6.61 Å². The summed E-state index contributed by atoms with van der Waals surface area (Å²) in [6, 6.07) is 7.44. The molecule has 0 amide bonds. The van der Waals surface area contributed by atoms with Gasteiger partial charge >= 0.3 is 11.9 Å². The van der Waals surface area contributed by atoms with Crippen molar-refractivity contribution in [1.29, 1.82) is 0 Å². The van der Waals surface area contributed by atoms with E-state index in [1.165, 1.54) is 0 Å². The van der Waals surface area contributed by atoms with Crippen LogP contribution >= 0.6 is 0 Å². The number of hydrogen-bond donors (Lipinski definition) is 2. The second kappa shape index (κ2) is 6.16. The highest BCUT2D eigenvalue weighted by Gasteiger charge is 2.26. The van der Waals surface area contributed by atoms with Crippen molar-refractivity contribution in [2.75, 3.05) is 0 Å². The summed E-state index contributed by atoms with van der Waals surface area (Å²) in [6.07, 6.45) is -1.82. The van der Waals surface area contributed by atoms with E-state index in [-0.39, 0.29) is 6.61 Å². The average molecular weight is 252 g/mol. The molecule has 1 rings (SSSR count). The van der Waals surface area contributed by atoms with Gasteiger partial charge < -0.3 is 14.9 Å². The van der Waals surface area contributed by atoms with E-state index >= 15 is 0 Å². The first-order valence-corrected chi connectivity index (χ1v) is 5.58. The molecule has 0 radical (unpaired) electrons. The Kier molecular flexibility index (Phi) is 4.85. The van der Waals surface area contributed by atoms with Crippen molar-refractivity contribution in [3.8, 4) is 0 Å². The van der Waals surface area contributed by atoms with Gasteiger partial charge in [0.1, 0.15) is 0 Å². The lowest BCUT2D eigenvalue weighted by atomic mass is 10.0. The zero-order valence-corrected chi connectivity index (χ0v) is 10.3. The SMILES string of the molecule is CC(C)c1ccc(COC(C(=O)O)C(=O)O)cc1. The molecule has 98 valence electrons. The number of carbonyl (C=O) groups is 2. The molecule has 0 aliphatic carbocycles. The molecule has 0 saturated carbocycles. The Hall–Kier alpha value is -1.88. The monoisotopic (exact) mass is 252 g/mol. The van der Waals surface area contributed by atoms with Crippen molar-refractivity contribution >= 4 is 11.9 Å². The molecule has 0 bridgehead atoms. The minimum atomic E-state index is -1.82. The first kappa shape index (κ1) is 14.2. The van der Waals surface area contributed by atoms with Crippen LogP contribution < -0.4 is 0 Å². The molecule has 0 unspecified atom stereocenters. The first-order chi connectivity index (χ1) is 8.41. The summed E-state index contributed by atoms with van der Waals surface area (Å²) in [6.45, 7) is 4.09. The summed E-state index contributed by atoms with van der Waals surface area (Å²) in [5.74, 6) is -2.59. The number of carboxylic acid groups (broad SMARTS) is 2. The topological polar surface area (TPSA) is 83.8 Å². The van der Waals surface area contributed by atoms with Crippen LogP contribution in [0.5, 0.6) is 0 Å². The van der Waals surface area contributed by atoms with E-state index in [0.29, 0.717) is 5.92 Å². The van der Waals surface area contributed by atoms with Crippen LogP contribution in [-0.4, -0.2) is 28.3 Å². The molecule has 0 fully saturated rings. The number of ether oxygens (including phenoxy) is 1. The highest BCUT2D eigenvalue weighted by Crippen LogP contribution is 2.15. The molecule has 1 aromatic rings. The van der Waals surface area contributed by atoms with E-state index in [0.717, 1.165) is 11.1 Å². The van der Waals surface area contributed by atoms with Gasteiger partial charge in [0.2, 0.25) is 0 Å². The van der Waals surface area contributed by atoms with E-state index in [1.807, 2.05) is 12.1 Å². The zero-order chi connectivity index (χ0) is 13.7. The van der Waals surface area contributed by atoms with Gasteiger partial charge in [-0.2, -0.15) is 0 Å². The van der Waals surface area contributed by atoms with Crippen LogP contribution in [0.3, 0.4) is 0 Å². The van der Waals surface area contributed by atoms with Gasteiger partial charge in [-0.05, 0) is 17.0 Å². The summed E-state index contributed by atoms with van der Waals surface area (Å²) in [5, 5.41) is 17.3. The van der Waals surface area contributed by atoms with Crippen molar-refractivity contribution in [2.45, 2.75) is 32.5 Å². The third kappa shape index (κ3) is 3.85. The maximum absolute atomic E-state index is 10.6. The number of hydrogen-bond acceptors (Lipinski definition) is 3. The molecule has 1 aromatic carbocycles. The van der Waals surface area contributed by atoms with Crippen LogP contribution in [0.25, 0.3) is 0 Å². The fourth-order valence-electron chi connectivity index (χ4n) is 1.43.